The van der Waals surface area contributed by atoms with Crippen molar-refractivity contribution in [3.8, 4) is 5.75 Å². The minimum atomic E-state index is -0.129. The van der Waals surface area contributed by atoms with E-state index in [1.165, 1.54) is 11.3 Å². The lowest BCUT2D eigenvalue weighted by molar-refractivity contribution is 0.102. The van der Waals surface area contributed by atoms with Gasteiger partial charge in [-0.3, -0.25) is 10.1 Å². The van der Waals surface area contributed by atoms with E-state index in [1.807, 2.05) is 0 Å². The highest BCUT2D eigenvalue weighted by Gasteiger charge is 2.30. The van der Waals surface area contributed by atoms with Gasteiger partial charge in [0.1, 0.15) is 5.75 Å². The molecule has 0 saturated heterocycles. The summed E-state index contributed by atoms with van der Waals surface area (Å²) in [4.78, 5) is 18.3. The Balaban J connectivity index is 1.71. The molecule has 0 bridgehead atoms. The first-order chi connectivity index (χ1) is 11.4. The van der Waals surface area contributed by atoms with Crippen molar-refractivity contribution in [2.24, 2.45) is 11.3 Å². The molecular formula is C19H24N2O2S. The molecule has 0 radical (unpaired) electrons. The van der Waals surface area contributed by atoms with E-state index in [0.29, 0.717) is 22.0 Å². The second-order valence-corrected chi connectivity index (χ2v) is 8.46. The number of ether oxygens (including phenoxy) is 1. The van der Waals surface area contributed by atoms with Gasteiger partial charge >= 0.3 is 0 Å². The number of aryl methyl sites for hydroxylation is 1. The maximum absolute atomic E-state index is 12.4. The standard InChI is InChI=1S/C19H24N2O2S/c1-19(2,3)13-7-10-15-16(11-13)24-18(20-15)21-17(22)12-5-8-14(23-4)9-6-12/h5-6,8-9,13H,7,10-11H2,1-4H3,(H,20,21,22). The summed E-state index contributed by atoms with van der Waals surface area (Å²) in [6.07, 6.45) is 3.24. The monoisotopic (exact) mass is 344 g/mol. The molecule has 1 unspecified atom stereocenters. The molecule has 24 heavy (non-hydrogen) atoms. The van der Waals surface area contributed by atoms with Gasteiger partial charge in [0.15, 0.2) is 5.13 Å². The summed E-state index contributed by atoms with van der Waals surface area (Å²) in [6, 6.07) is 7.10. The van der Waals surface area contributed by atoms with Crippen LogP contribution in [-0.2, 0) is 12.8 Å². The van der Waals surface area contributed by atoms with Gasteiger partial charge in [0.2, 0.25) is 0 Å². The molecule has 1 atom stereocenters. The normalized spacial score (nSPS) is 17.2. The van der Waals surface area contributed by atoms with Crippen LogP contribution in [0.25, 0.3) is 0 Å². The molecule has 128 valence electrons. The van der Waals surface area contributed by atoms with E-state index in [2.05, 4.69) is 31.1 Å². The van der Waals surface area contributed by atoms with Crippen LogP contribution in [0, 0.1) is 11.3 Å². The smallest absolute Gasteiger partial charge is 0.257 e. The molecule has 1 aliphatic carbocycles. The van der Waals surface area contributed by atoms with E-state index < -0.39 is 0 Å². The minimum Gasteiger partial charge on any atom is -0.497 e. The number of hydrogen-bond donors (Lipinski definition) is 1. The summed E-state index contributed by atoms with van der Waals surface area (Å²) in [6.45, 7) is 6.90. The van der Waals surface area contributed by atoms with E-state index in [0.717, 1.165) is 24.3 Å². The number of methoxy groups -OCH3 is 1. The Morgan fingerprint density at radius 2 is 2.00 bits per heavy atom. The Hall–Kier alpha value is -1.88. The fourth-order valence-electron chi connectivity index (χ4n) is 3.08. The number of anilines is 1. The van der Waals surface area contributed by atoms with Gasteiger partial charge in [0, 0.05) is 10.4 Å². The number of benzene rings is 1. The molecule has 0 saturated carbocycles. The van der Waals surface area contributed by atoms with Crippen LogP contribution in [0.1, 0.15) is 48.1 Å². The summed E-state index contributed by atoms with van der Waals surface area (Å²) in [5.74, 6) is 1.29. The number of aromatic nitrogens is 1. The largest absolute Gasteiger partial charge is 0.497 e. The Bertz CT molecular complexity index is 729. The molecule has 1 aromatic carbocycles. The summed E-state index contributed by atoms with van der Waals surface area (Å²) in [7, 11) is 1.61. The topological polar surface area (TPSA) is 51.2 Å². The van der Waals surface area contributed by atoms with Crippen LogP contribution in [-0.4, -0.2) is 18.0 Å². The van der Waals surface area contributed by atoms with Crippen molar-refractivity contribution in [1.29, 1.82) is 0 Å². The molecule has 0 aliphatic heterocycles. The number of rotatable bonds is 3. The van der Waals surface area contributed by atoms with Gasteiger partial charge in [-0.2, -0.15) is 0 Å². The zero-order valence-electron chi connectivity index (χ0n) is 14.7. The number of thiazole rings is 1. The third-order valence-electron chi connectivity index (χ3n) is 4.74. The van der Waals surface area contributed by atoms with E-state index >= 15 is 0 Å². The molecule has 1 amide bonds. The highest BCUT2D eigenvalue weighted by Crippen LogP contribution is 2.40. The number of nitrogens with one attached hydrogen (secondary N) is 1. The van der Waals surface area contributed by atoms with Gasteiger partial charge in [-0.15, -0.1) is 11.3 Å². The maximum atomic E-state index is 12.4. The van der Waals surface area contributed by atoms with E-state index in [1.54, 1.807) is 42.7 Å². The number of nitrogens with zero attached hydrogens (tertiary/aromatic N) is 1. The number of hydrogen-bond acceptors (Lipinski definition) is 4. The average Bonchev–Trinajstić information content (AvgIpc) is 2.95. The summed E-state index contributed by atoms with van der Waals surface area (Å²) >= 11 is 1.62. The predicted molar refractivity (Wildman–Crippen MR) is 98.0 cm³/mol. The fourth-order valence-corrected chi connectivity index (χ4v) is 4.16. The maximum Gasteiger partial charge on any atom is 0.257 e. The Kier molecular flexibility index (Phi) is 4.63. The van der Waals surface area contributed by atoms with Gasteiger partial charge in [-0.05, 0) is 54.9 Å². The summed E-state index contributed by atoms with van der Waals surface area (Å²) < 4.78 is 5.12. The first kappa shape index (κ1) is 17.0. The van der Waals surface area contributed by atoms with Crippen LogP contribution < -0.4 is 10.1 Å². The summed E-state index contributed by atoms with van der Waals surface area (Å²) in [5.41, 5.74) is 2.08. The van der Waals surface area contributed by atoms with Gasteiger partial charge in [0.25, 0.3) is 5.91 Å². The molecule has 0 spiro atoms. The number of amides is 1. The Morgan fingerprint density at radius 1 is 1.29 bits per heavy atom. The summed E-state index contributed by atoms with van der Waals surface area (Å²) in [5, 5.41) is 3.64. The number of fused-ring (bicyclic) bond motifs is 1. The van der Waals surface area contributed by atoms with Crippen LogP contribution in [0.4, 0.5) is 5.13 Å². The molecular weight excluding hydrogens is 320 g/mol. The molecule has 1 aliphatic rings. The second kappa shape index (κ2) is 6.55. The molecule has 4 nitrogen and oxygen atoms in total. The minimum absolute atomic E-state index is 0.129. The van der Waals surface area contributed by atoms with Crippen molar-refractivity contribution in [3.63, 3.8) is 0 Å². The molecule has 0 fully saturated rings. The van der Waals surface area contributed by atoms with Crippen LogP contribution in [0.3, 0.4) is 0 Å². The third kappa shape index (κ3) is 3.61. The SMILES string of the molecule is COc1ccc(C(=O)Nc2nc3c(s2)CC(C(C)(C)C)CC3)cc1. The van der Waals surface area contributed by atoms with E-state index in [9.17, 15) is 4.79 Å². The van der Waals surface area contributed by atoms with E-state index in [-0.39, 0.29) is 5.91 Å². The van der Waals surface area contributed by atoms with Crippen molar-refractivity contribution in [2.75, 3.05) is 12.4 Å². The van der Waals surface area contributed by atoms with Crippen molar-refractivity contribution < 1.29 is 9.53 Å². The predicted octanol–water partition coefficient (Wildman–Crippen LogP) is 4.56. The fraction of sp³-hybridized carbons (Fsp3) is 0.474. The molecule has 5 heteroatoms. The van der Waals surface area contributed by atoms with Gasteiger partial charge in [0.05, 0.1) is 12.8 Å². The highest BCUT2D eigenvalue weighted by atomic mass is 32.1. The second-order valence-electron chi connectivity index (χ2n) is 7.38. The lowest BCUT2D eigenvalue weighted by Gasteiger charge is -2.33. The van der Waals surface area contributed by atoms with Gasteiger partial charge in [-0.1, -0.05) is 20.8 Å². The van der Waals surface area contributed by atoms with Crippen LogP contribution in [0.15, 0.2) is 24.3 Å². The number of carbonyl (C=O) groups is 1. The van der Waals surface area contributed by atoms with Crippen LogP contribution in [0.2, 0.25) is 0 Å². The highest BCUT2D eigenvalue weighted by molar-refractivity contribution is 7.15. The lowest BCUT2D eigenvalue weighted by atomic mass is 9.73. The zero-order valence-corrected chi connectivity index (χ0v) is 15.5. The third-order valence-corrected chi connectivity index (χ3v) is 5.77. The first-order valence-corrected chi connectivity index (χ1v) is 9.12. The van der Waals surface area contributed by atoms with Crippen molar-refractivity contribution >= 4 is 22.4 Å². The molecule has 3 rings (SSSR count). The quantitative estimate of drug-likeness (QED) is 0.888. The molecule has 2 aromatic rings. The average molecular weight is 344 g/mol. The lowest BCUT2D eigenvalue weighted by Crippen LogP contribution is -2.26. The van der Waals surface area contributed by atoms with Gasteiger partial charge < -0.3 is 4.74 Å². The zero-order chi connectivity index (χ0) is 17.3. The van der Waals surface area contributed by atoms with Crippen molar-refractivity contribution in [2.45, 2.75) is 40.0 Å². The molecule has 1 N–H and O–H groups in total. The van der Waals surface area contributed by atoms with Crippen molar-refractivity contribution in [3.05, 3.63) is 40.4 Å². The molecule has 1 heterocycles. The van der Waals surface area contributed by atoms with Crippen LogP contribution >= 0.6 is 11.3 Å². The van der Waals surface area contributed by atoms with E-state index in [4.69, 9.17) is 4.74 Å². The Labute approximate surface area is 147 Å². The number of carbonyl (C=O) groups excluding carboxylic acids is 1. The van der Waals surface area contributed by atoms with Crippen molar-refractivity contribution in [1.82, 2.24) is 4.98 Å². The first-order valence-electron chi connectivity index (χ1n) is 8.31. The molecule has 1 aromatic heterocycles. The van der Waals surface area contributed by atoms with Crippen LogP contribution in [0.5, 0.6) is 5.75 Å². The van der Waals surface area contributed by atoms with Gasteiger partial charge in [-0.25, -0.2) is 4.98 Å². The Morgan fingerprint density at radius 3 is 2.62 bits per heavy atom.